The van der Waals surface area contributed by atoms with E-state index in [1.165, 1.54) is 6.92 Å². The van der Waals surface area contributed by atoms with Crippen LogP contribution in [0.1, 0.15) is 20.3 Å². The molecule has 2 N–H and O–H groups in total. The van der Waals surface area contributed by atoms with E-state index >= 15 is 0 Å². The van der Waals surface area contributed by atoms with E-state index < -0.39 is 18.9 Å². The average molecular weight is 280 g/mol. The predicted octanol–water partition coefficient (Wildman–Crippen LogP) is 1.10. The maximum atomic E-state index is 11.7. The Labute approximate surface area is 108 Å². The van der Waals surface area contributed by atoms with Crippen LogP contribution in [-0.4, -0.2) is 53.3 Å². The highest BCUT2D eigenvalue weighted by Crippen LogP contribution is 2.54. The zero-order valence-corrected chi connectivity index (χ0v) is 12.5. The Morgan fingerprint density at radius 2 is 1.83 bits per heavy atom. The molecule has 7 heteroatoms. The zero-order valence-electron chi connectivity index (χ0n) is 11.6. The van der Waals surface area contributed by atoms with Crippen molar-refractivity contribution in [2.45, 2.75) is 25.6 Å². The number of esters is 1. The van der Waals surface area contributed by atoms with Crippen LogP contribution in [0.5, 0.6) is 0 Å². The Morgan fingerprint density at radius 1 is 1.39 bits per heavy atom. The summed E-state index contributed by atoms with van der Waals surface area (Å²) in [6.45, 7) is 6.46. The van der Waals surface area contributed by atoms with Crippen molar-refractivity contribution in [3.63, 3.8) is 0 Å². The van der Waals surface area contributed by atoms with Crippen LogP contribution in [0.3, 0.4) is 0 Å². The molecule has 18 heavy (non-hydrogen) atoms. The fourth-order valence-corrected chi connectivity index (χ4v) is 2.80. The van der Waals surface area contributed by atoms with Crippen LogP contribution in [0.4, 0.5) is 0 Å². The highest BCUT2D eigenvalue weighted by Gasteiger charge is 2.53. The van der Waals surface area contributed by atoms with Crippen LogP contribution in [0, 0.1) is 0 Å². The highest BCUT2D eigenvalue weighted by molar-refractivity contribution is 7.53. The number of rotatable bonds is 6. The molecular weight excluding hydrogens is 257 g/mol. The summed E-state index contributed by atoms with van der Waals surface area (Å²) < 4.78 is 17.0. The summed E-state index contributed by atoms with van der Waals surface area (Å²) >= 11 is 0. The summed E-state index contributed by atoms with van der Waals surface area (Å²) in [5.74, 6) is -0.784. The maximum Gasteiger partial charge on any atom is 0.374 e. The molecule has 0 spiro atoms. The third kappa shape index (κ3) is 4.53. The van der Waals surface area contributed by atoms with E-state index in [0.29, 0.717) is 0 Å². The molecule has 0 amide bonds. The van der Waals surface area contributed by atoms with Crippen LogP contribution in [0.25, 0.3) is 0 Å². The second kappa shape index (κ2) is 5.53. The van der Waals surface area contributed by atoms with E-state index in [0.717, 1.165) is 0 Å². The summed E-state index contributed by atoms with van der Waals surface area (Å²) in [6, 6.07) is 0. The van der Waals surface area contributed by atoms with Gasteiger partial charge in [0.1, 0.15) is 6.54 Å². The Morgan fingerprint density at radius 3 is 2.06 bits per heavy atom. The number of hydrogen-bond acceptors (Lipinski definition) is 3. The van der Waals surface area contributed by atoms with Gasteiger partial charge >= 0.3 is 13.6 Å². The molecule has 0 aromatic rings. The molecule has 0 aromatic heterocycles. The van der Waals surface area contributed by atoms with Gasteiger partial charge in [0.25, 0.3) is 5.34 Å². The van der Waals surface area contributed by atoms with Crippen molar-refractivity contribution in [1.29, 1.82) is 0 Å². The standard InChI is InChI=1S/C11H22NO5P/c1-7-11(18(14,15)16,8-12(4,5)6)17-10(13)9(2)3/h2,7-8H2,1,3-6H3,(H-,14,15,16)/p+1. The number of quaternary nitrogens is 1. The number of nitrogens with zero attached hydrogens (tertiary/aromatic N) is 1. The quantitative estimate of drug-likeness (QED) is 0.329. The second-order valence-corrected chi connectivity index (χ2v) is 7.37. The molecule has 0 bridgehead atoms. The van der Waals surface area contributed by atoms with Gasteiger partial charge in [-0.3, -0.25) is 4.57 Å². The van der Waals surface area contributed by atoms with Crippen molar-refractivity contribution in [1.82, 2.24) is 0 Å². The first kappa shape index (κ1) is 17.3. The maximum absolute atomic E-state index is 11.7. The summed E-state index contributed by atoms with van der Waals surface area (Å²) in [5.41, 5.74) is 0.114. The monoisotopic (exact) mass is 280 g/mol. The van der Waals surface area contributed by atoms with Crippen LogP contribution < -0.4 is 0 Å². The van der Waals surface area contributed by atoms with Crippen molar-refractivity contribution in [3.8, 4) is 0 Å². The minimum absolute atomic E-state index is 0.0206. The number of carbonyl (C=O) groups excluding carboxylic acids is 1. The lowest BCUT2D eigenvalue weighted by Crippen LogP contribution is -2.51. The molecule has 0 aliphatic heterocycles. The number of hydrogen-bond donors (Lipinski definition) is 2. The Kier molecular flexibility index (Phi) is 5.32. The average Bonchev–Trinajstić information content (AvgIpc) is 2.12. The molecule has 0 rings (SSSR count). The summed E-state index contributed by atoms with van der Waals surface area (Å²) in [6.07, 6.45) is 0.0335. The molecule has 0 radical (unpaired) electrons. The topological polar surface area (TPSA) is 83.8 Å². The van der Waals surface area contributed by atoms with E-state index in [4.69, 9.17) is 4.74 Å². The number of carbonyl (C=O) groups is 1. The third-order valence-corrected chi connectivity index (χ3v) is 4.05. The number of ether oxygens (including phenoxy) is 1. The van der Waals surface area contributed by atoms with Gasteiger partial charge in [-0.2, -0.15) is 0 Å². The van der Waals surface area contributed by atoms with Gasteiger partial charge in [-0.25, -0.2) is 4.79 Å². The molecule has 1 atom stereocenters. The van der Waals surface area contributed by atoms with Gasteiger partial charge < -0.3 is 19.0 Å². The van der Waals surface area contributed by atoms with Gasteiger partial charge in [0.05, 0.1) is 21.1 Å². The lowest BCUT2D eigenvalue weighted by Gasteiger charge is -2.38. The molecule has 106 valence electrons. The summed E-state index contributed by atoms with van der Waals surface area (Å²) in [4.78, 5) is 30.6. The van der Waals surface area contributed by atoms with Gasteiger partial charge in [-0.1, -0.05) is 13.5 Å². The predicted molar refractivity (Wildman–Crippen MR) is 68.9 cm³/mol. The molecule has 0 aliphatic rings. The normalized spacial score (nSPS) is 15.9. The van der Waals surface area contributed by atoms with Gasteiger partial charge in [0.2, 0.25) is 0 Å². The first-order valence-electron chi connectivity index (χ1n) is 5.59. The molecule has 0 saturated heterocycles. The van der Waals surface area contributed by atoms with Crippen LogP contribution >= 0.6 is 7.60 Å². The van der Waals surface area contributed by atoms with Crippen molar-refractivity contribution >= 4 is 13.6 Å². The summed E-state index contributed by atoms with van der Waals surface area (Å²) in [5, 5.41) is -1.80. The van der Waals surface area contributed by atoms with Gasteiger partial charge in [0, 0.05) is 12.0 Å². The van der Waals surface area contributed by atoms with Gasteiger partial charge in [-0.05, 0) is 6.92 Å². The van der Waals surface area contributed by atoms with E-state index in [-0.39, 0.29) is 23.0 Å². The molecule has 0 saturated carbocycles. The minimum atomic E-state index is -4.60. The first-order valence-corrected chi connectivity index (χ1v) is 7.21. The van der Waals surface area contributed by atoms with Gasteiger partial charge in [0.15, 0.2) is 0 Å². The fraction of sp³-hybridized carbons (Fsp3) is 0.727. The zero-order chi connectivity index (χ0) is 14.8. The van der Waals surface area contributed by atoms with E-state index in [2.05, 4.69) is 6.58 Å². The van der Waals surface area contributed by atoms with Gasteiger partial charge in [-0.15, -0.1) is 0 Å². The lowest BCUT2D eigenvalue weighted by molar-refractivity contribution is -0.875. The van der Waals surface area contributed by atoms with Crippen molar-refractivity contribution in [3.05, 3.63) is 12.2 Å². The smallest absolute Gasteiger partial charge is 0.374 e. The molecule has 1 unspecified atom stereocenters. The number of likely N-dealkylation sites (N-methyl/N-ethyl adjacent to an activating group) is 1. The van der Waals surface area contributed by atoms with Crippen LogP contribution in [0.2, 0.25) is 0 Å². The highest BCUT2D eigenvalue weighted by atomic mass is 31.2. The van der Waals surface area contributed by atoms with Crippen molar-refractivity contribution in [2.24, 2.45) is 0 Å². The van der Waals surface area contributed by atoms with Crippen LogP contribution in [0.15, 0.2) is 12.2 Å². The molecule has 0 aliphatic carbocycles. The Bertz CT molecular complexity index is 381. The lowest BCUT2D eigenvalue weighted by atomic mass is 10.2. The molecule has 0 heterocycles. The SMILES string of the molecule is C=C(C)C(=O)OC(CC)(C[N+](C)(C)C)P(=O)(O)O. The van der Waals surface area contributed by atoms with E-state index in [9.17, 15) is 19.1 Å². The summed E-state index contributed by atoms with van der Waals surface area (Å²) in [7, 11) is 0.721. The molecule has 0 aromatic carbocycles. The molecule has 0 fully saturated rings. The Balaban J connectivity index is 5.46. The molecule has 6 nitrogen and oxygen atoms in total. The van der Waals surface area contributed by atoms with Crippen LogP contribution in [-0.2, 0) is 14.1 Å². The Hall–Kier alpha value is -0.680. The first-order chi connectivity index (χ1) is 7.84. The van der Waals surface area contributed by atoms with Crippen molar-refractivity contribution < 1.29 is 28.4 Å². The van der Waals surface area contributed by atoms with Crippen molar-refractivity contribution in [2.75, 3.05) is 27.7 Å². The second-order valence-electron chi connectivity index (χ2n) is 5.46. The van der Waals surface area contributed by atoms with E-state index in [1.807, 2.05) is 0 Å². The fourth-order valence-electron chi connectivity index (χ4n) is 1.57. The third-order valence-electron chi connectivity index (χ3n) is 2.44. The minimum Gasteiger partial charge on any atom is -0.437 e. The van der Waals surface area contributed by atoms with E-state index in [1.54, 1.807) is 28.1 Å². The molecular formula is C11H23NO5P+. The largest absolute Gasteiger partial charge is 0.437 e.